The molecule has 0 saturated heterocycles. The van der Waals surface area contributed by atoms with Gasteiger partial charge in [0.1, 0.15) is 0 Å². The Kier molecular flexibility index (Phi) is 8.00. The zero-order valence-corrected chi connectivity index (χ0v) is 28.0. The SMILES string of the molecule is CC1(C)/C=C/C(c2ccc3cc(-c4cccc(/C=C/c5c(-c6ccccc6)ccc6ccccc56)c4)ccc3c2)=C\C=C\c2ccccc21. The molecule has 0 saturated carbocycles. The molecule has 0 aromatic heterocycles. The Morgan fingerprint density at radius 1 is 0.490 bits per heavy atom. The lowest BCUT2D eigenvalue weighted by molar-refractivity contribution is 0.669. The number of hydrogen-bond donors (Lipinski definition) is 0. The first-order valence-electron chi connectivity index (χ1n) is 17.1. The highest BCUT2D eigenvalue weighted by Crippen LogP contribution is 2.35. The fourth-order valence-electron chi connectivity index (χ4n) is 7.07. The van der Waals surface area contributed by atoms with E-state index in [1.54, 1.807) is 0 Å². The number of benzene rings is 7. The summed E-state index contributed by atoms with van der Waals surface area (Å²) in [5, 5.41) is 4.98. The van der Waals surface area contributed by atoms with Gasteiger partial charge in [-0.2, -0.15) is 0 Å². The Balaban J connectivity index is 1.10. The highest BCUT2D eigenvalue weighted by molar-refractivity contribution is 5.99. The van der Waals surface area contributed by atoms with E-state index < -0.39 is 0 Å². The van der Waals surface area contributed by atoms with Crippen molar-refractivity contribution in [3.8, 4) is 22.3 Å². The van der Waals surface area contributed by atoms with Crippen LogP contribution in [0.3, 0.4) is 0 Å². The molecule has 0 bridgehead atoms. The van der Waals surface area contributed by atoms with Gasteiger partial charge in [0.2, 0.25) is 0 Å². The molecule has 0 nitrogen and oxygen atoms in total. The van der Waals surface area contributed by atoms with E-state index in [0.29, 0.717) is 0 Å². The predicted octanol–water partition coefficient (Wildman–Crippen LogP) is 13.4. The van der Waals surface area contributed by atoms with Gasteiger partial charge in [0.15, 0.2) is 0 Å². The number of fused-ring (bicyclic) bond motifs is 3. The molecular weight excluding hydrogens is 589 g/mol. The molecule has 0 atom stereocenters. The molecule has 0 N–H and O–H groups in total. The van der Waals surface area contributed by atoms with Crippen LogP contribution in [0.1, 0.15) is 41.7 Å². The highest BCUT2D eigenvalue weighted by atomic mass is 14.2. The average molecular weight is 627 g/mol. The van der Waals surface area contributed by atoms with E-state index in [1.165, 1.54) is 77.2 Å². The number of hydrogen-bond acceptors (Lipinski definition) is 0. The smallest absolute Gasteiger partial charge is 0.00845 e. The average Bonchev–Trinajstić information content (AvgIpc) is 3.21. The minimum absolute atomic E-state index is 0.0705. The second kappa shape index (κ2) is 12.9. The fraction of sp³-hybridized carbons (Fsp3) is 0.0612. The summed E-state index contributed by atoms with van der Waals surface area (Å²) in [5.74, 6) is 0. The van der Waals surface area contributed by atoms with E-state index >= 15 is 0 Å². The lowest BCUT2D eigenvalue weighted by atomic mass is 9.81. The predicted molar refractivity (Wildman–Crippen MR) is 213 cm³/mol. The van der Waals surface area contributed by atoms with Gasteiger partial charge in [-0.1, -0.05) is 190 Å². The summed E-state index contributed by atoms with van der Waals surface area (Å²) in [6.07, 6.45) is 15.8. The van der Waals surface area contributed by atoms with Crippen LogP contribution >= 0.6 is 0 Å². The van der Waals surface area contributed by atoms with Crippen molar-refractivity contribution in [3.05, 3.63) is 204 Å². The molecular formula is C49H38. The van der Waals surface area contributed by atoms with Gasteiger partial charge in [-0.15, -0.1) is 0 Å². The van der Waals surface area contributed by atoms with Crippen molar-refractivity contribution >= 4 is 45.3 Å². The summed E-state index contributed by atoms with van der Waals surface area (Å²) >= 11 is 0. The van der Waals surface area contributed by atoms with Crippen LogP contribution in [0.4, 0.5) is 0 Å². The molecule has 1 aliphatic rings. The topological polar surface area (TPSA) is 0 Å². The summed E-state index contributed by atoms with van der Waals surface area (Å²) in [4.78, 5) is 0. The standard InChI is InChI=1S/C49H38/c1-49(2)31-30-36(17-11-18-39-16-7-9-21-48(39)49)41-23-24-44-34-42(25-26-43(44)33-41)40-19-10-12-35(32-40)22-28-47-45-20-8-6-15-38(45)27-29-46(47)37-13-4-3-5-14-37/h3-34H,1-2H3/b18-11+,28-22+,31-30+,36-17+. The molecule has 0 aliphatic heterocycles. The quantitative estimate of drug-likeness (QED) is 0.167. The maximum atomic E-state index is 2.34. The normalized spacial score (nSPS) is 16.3. The summed E-state index contributed by atoms with van der Waals surface area (Å²) in [7, 11) is 0. The first-order valence-corrected chi connectivity index (χ1v) is 17.1. The fourth-order valence-corrected chi connectivity index (χ4v) is 7.07. The third kappa shape index (κ3) is 6.22. The van der Waals surface area contributed by atoms with Crippen molar-refractivity contribution in [2.24, 2.45) is 0 Å². The van der Waals surface area contributed by atoms with Crippen LogP contribution in [0, 0.1) is 0 Å². The van der Waals surface area contributed by atoms with Crippen molar-refractivity contribution in [2.75, 3.05) is 0 Å². The van der Waals surface area contributed by atoms with Gasteiger partial charge in [0.05, 0.1) is 0 Å². The molecule has 8 rings (SSSR count). The Bertz CT molecular complexity index is 2450. The van der Waals surface area contributed by atoms with Crippen LogP contribution in [0.2, 0.25) is 0 Å². The van der Waals surface area contributed by atoms with E-state index in [2.05, 4.69) is 208 Å². The highest BCUT2D eigenvalue weighted by Gasteiger charge is 2.20. The van der Waals surface area contributed by atoms with Crippen LogP contribution < -0.4 is 0 Å². The molecule has 0 unspecified atom stereocenters. The minimum atomic E-state index is -0.0705. The van der Waals surface area contributed by atoms with Gasteiger partial charge in [-0.3, -0.25) is 0 Å². The third-order valence-corrected chi connectivity index (χ3v) is 9.78. The summed E-state index contributed by atoms with van der Waals surface area (Å²) in [6, 6.07) is 55.0. The maximum Gasteiger partial charge on any atom is 0.00845 e. The molecule has 0 fully saturated rings. The molecule has 0 amide bonds. The Labute approximate surface area is 289 Å². The van der Waals surface area contributed by atoms with E-state index in [1.807, 2.05) is 0 Å². The molecule has 0 heterocycles. The van der Waals surface area contributed by atoms with Crippen LogP contribution in [-0.4, -0.2) is 0 Å². The van der Waals surface area contributed by atoms with Gasteiger partial charge < -0.3 is 0 Å². The van der Waals surface area contributed by atoms with E-state index in [9.17, 15) is 0 Å². The van der Waals surface area contributed by atoms with E-state index in [0.717, 1.165) is 0 Å². The molecule has 49 heavy (non-hydrogen) atoms. The lowest BCUT2D eigenvalue weighted by Crippen LogP contribution is -2.14. The molecule has 1 aliphatic carbocycles. The Morgan fingerprint density at radius 3 is 2.06 bits per heavy atom. The van der Waals surface area contributed by atoms with Crippen molar-refractivity contribution in [2.45, 2.75) is 19.3 Å². The zero-order valence-electron chi connectivity index (χ0n) is 28.0. The van der Waals surface area contributed by atoms with Crippen LogP contribution in [0.25, 0.3) is 67.6 Å². The number of allylic oxidation sites excluding steroid dienone is 5. The largest absolute Gasteiger partial charge is 0.0738 e. The Hall–Kier alpha value is -5.98. The Morgan fingerprint density at radius 2 is 1.18 bits per heavy atom. The molecule has 7 aromatic rings. The van der Waals surface area contributed by atoms with E-state index in [4.69, 9.17) is 0 Å². The summed E-state index contributed by atoms with van der Waals surface area (Å²) < 4.78 is 0. The lowest BCUT2D eigenvalue weighted by Gasteiger charge is -2.23. The van der Waals surface area contributed by atoms with Gasteiger partial charge in [0, 0.05) is 5.41 Å². The van der Waals surface area contributed by atoms with Crippen molar-refractivity contribution in [1.29, 1.82) is 0 Å². The monoisotopic (exact) mass is 626 g/mol. The minimum Gasteiger partial charge on any atom is -0.0738 e. The first kappa shape index (κ1) is 30.4. The molecule has 0 spiro atoms. The van der Waals surface area contributed by atoms with E-state index in [-0.39, 0.29) is 5.41 Å². The zero-order chi connectivity index (χ0) is 33.2. The summed E-state index contributed by atoms with van der Waals surface area (Å²) in [6.45, 7) is 4.58. The first-order chi connectivity index (χ1) is 24.0. The van der Waals surface area contributed by atoms with Crippen LogP contribution in [0.5, 0.6) is 0 Å². The van der Waals surface area contributed by atoms with Gasteiger partial charge in [0.25, 0.3) is 0 Å². The maximum absolute atomic E-state index is 2.34. The van der Waals surface area contributed by atoms with Gasteiger partial charge >= 0.3 is 0 Å². The second-order valence-electron chi connectivity index (χ2n) is 13.5. The van der Waals surface area contributed by atoms with Crippen LogP contribution in [-0.2, 0) is 5.41 Å². The van der Waals surface area contributed by atoms with Crippen molar-refractivity contribution in [3.63, 3.8) is 0 Å². The second-order valence-corrected chi connectivity index (χ2v) is 13.5. The molecule has 0 radical (unpaired) electrons. The third-order valence-electron chi connectivity index (χ3n) is 9.78. The number of rotatable bonds is 5. The van der Waals surface area contributed by atoms with Gasteiger partial charge in [-0.05, 0) is 95.4 Å². The van der Waals surface area contributed by atoms with Gasteiger partial charge in [-0.25, -0.2) is 0 Å². The molecule has 0 heteroatoms. The molecule has 234 valence electrons. The van der Waals surface area contributed by atoms with Crippen LogP contribution in [0.15, 0.2) is 176 Å². The van der Waals surface area contributed by atoms with Crippen molar-refractivity contribution < 1.29 is 0 Å². The molecule has 7 aromatic carbocycles. The van der Waals surface area contributed by atoms with Crippen molar-refractivity contribution in [1.82, 2.24) is 0 Å². The summed E-state index contributed by atoms with van der Waals surface area (Å²) in [5.41, 5.74) is 12.3.